The molecule has 0 atom stereocenters. The predicted octanol–water partition coefficient (Wildman–Crippen LogP) is 1.72. The predicted molar refractivity (Wildman–Crippen MR) is 67.5 cm³/mol. The van der Waals surface area contributed by atoms with Gasteiger partial charge in [-0.05, 0) is 18.2 Å². The topological polar surface area (TPSA) is 69.4 Å². The van der Waals surface area contributed by atoms with Crippen LogP contribution >= 0.6 is 0 Å². The van der Waals surface area contributed by atoms with E-state index in [4.69, 9.17) is 0 Å². The zero-order valence-electron chi connectivity index (χ0n) is 10.4. The Labute approximate surface area is 112 Å². The fourth-order valence-electron chi connectivity index (χ4n) is 1.85. The number of aromatic nitrogens is 4. The summed E-state index contributed by atoms with van der Waals surface area (Å²) in [7, 11) is 1.24. The molecule has 3 heterocycles. The van der Waals surface area contributed by atoms with Crippen LogP contribution in [0.15, 0.2) is 36.7 Å². The number of hydrogen-bond donors (Lipinski definition) is 0. The van der Waals surface area contributed by atoms with E-state index in [1.54, 1.807) is 28.8 Å². The van der Waals surface area contributed by atoms with Crippen molar-refractivity contribution in [3.63, 3.8) is 0 Å². The highest BCUT2D eigenvalue weighted by molar-refractivity contribution is 5.88. The summed E-state index contributed by atoms with van der Waals surface area (Å²) in [5.74, 6) is -0.929. The number of nitrogens with zero attached hydrogens (tertiary/aromatic N) is 4. The smallest absolute Gasteiger partial charge is 0.356 e. The normalized spacial score (nSPS) is 10.7. The van der Waals surface area contributed by atoms with E-state index >= 15 is 0 Å². The van der Waals surface area contributed by atoms with Crippen LogP contribution in [0.3, 0.4) is 0 Å². The number of pyridine rings is 2. The van der Waals surface area contributed by atoms with Crippen molar-refractivity contribution in [3.8, 4) is 11.4 Å². The Balaban J connectivity index is 2.21. The molecule has 0 spiro atoms. The van der Waals surface area contributed by atoms with Crippen LogP contribution in [-0.2, 0) is 4.74 Å². The molecule has 3 aromatic rings. The Morgan fingerprint density at radius 3 is 3.00 bits per heavy atom. The molecule has 0 aliphatic heterocycles. The molecule has 3 rings (SSSR count). The average molecular weight is 272 g/mol. The first-order chi connectivity index (χ1) is 9.70. The van der Waals surface area contributed by atoms with Gasteiger partial charge in [0.2, 0.25) is 0 Å². The summed E-state index contributed by atoms with van der Waals surface area (Å²) >= 11 is 0. The second-order valence-electron chi connectivity index (χ2n) is 3.99. The number of halogens is 1. The molecule has 7 heteroatoms. The van der Waals surface area contributed by atoms with Crippen LogP contribution < -0.4 is 0 Å². The second-order valence-corrected chi connectivity index (χ2v) is 3.99. The molecule has 3 aromatic heterocycles. The molecule has 0 saturated heterocycles. The Morgan fingerprint density at radius 1 is 1.35 bits per heavy atom. The number of hydrogen-bond acceptors (Lipinski definition) is 5. The summed E-state index contributed by atoms with van der Waals surface area (Å²) < 4.78 is 20.1. The molecule has 0 amide bonds. The van der Waals surface area contributed by atoms with Gasteiger partial charge in [-0.1, -0.05) is 6.07 Å². The van der Waals surface area contributed by atoms with Crippen molar-refractivity contribution in [2.45, 2.75) is 0 Å². The zero-order valence-corrected chi connectivity index (χ0v) is 10.4. The van der Waals surface area contributed by atoms with Gasteiger partial charge in [-0.15, -0.1) is 10.2 Å². The molecule has 0 fully saturated rings. The van der Waals surface area contributed by atoms with Crippen LogP contribution in [0.4, 0.5) is 4.39 Å². The molecule has 20 heavy (non-hydrogen) atoms. The number of carbonyl (C=O) groups excluding carboxylic acids is 1. The van der Waals surface area contributed by atoms with Crippen LogP contribution in [0, 0.1) is 5.82 Å². The maximum Gasteiger partial charge on any atom is 0.356 e. The van der Waals surface area contributed by atoms with Crippen LogP contribution in [-0.4, -0.2) is 32.7 Å². The van der Waals surface area contributed by atoms with Crippen molar-refractivity contribution >= 4 is 11.6 Å². The van der Waals surface area contributed by atoms with E-state index in [0.29, 0.717) is 11.5 Å². The zero-order chi connectivity index (χ0) is 14.1. The van der Waals surface area contributed by atoms with Crippen molar-refractivity contribution in [1.82, 2.24) is 19.6 Å². The second kappa shape index (κ2) is 4.69. The Hall–Kier alpha value is -2.83. The van der Waals surface area contributed by atoms with E-state index in [9.17, 15) is 9.18 Å². The maximum absolute atomic E-state index is 13.9. The Bertz CT molecular complexity index is 800. The highest BCUT2D eigenvalue weighted by Gasteiger charge is 2.16. The molecule has 100 valence electrons. The number of rotatable bonds is 2. The van der Waals surface area contributed by atoms with E-state index in [1.807, 2.05) is 0 Å². The highest BCUT2D eigenvalue weighted by atomic mass is 19.1. The van der Waals surface area contributed by atoms with Crippen LogP contribution in [0.2, 0.25) is 0 Å². The van der Waals surface area contributed by atoms with E-state index in [-0.39, 0.29) is 11.3 Å². The SMILES string of the molecule is COC(=O)c1cc(-c2nnc3ccccn23)c(F)cn1. The molecule has 0 aliphatic rings. The lowest BCUT2D eigenvalue weighted by Gasteiger charge is -2.04. The first-order valence-corrected chi connectivity index (χ1v) is 5.74. The summed E-state index contributed by atoms with van der Waals surface area (Å²) in [5.41, 5.74) is 0.731. The molecule has 0 unspecified atom stereocenters. The molecule has 0 aliphatic carbocycles. The number of carbonyl (C=O) groups is 1. The van der Waals surface area contributed by atoms with Gasteiger partial charge in [0.05, 0.1) is 18.9 Å². The third-order valence-electron chi connectivity index (χ3n) is 2.80. The van der Waals surface area contributed by atoms with Gasteiger partial charge in [0.1, 0.15) is 5.69 Å². The number of esters is 1. The average Bonchev–Trinajstić information content (AvgIpc) is 2.91. The van der Waals surface area contributed by atoms with Gasteiger partial charge < -0.3 is 4.74 Å². The molecular formula is C13H9FN4O2. The Morgan fingerprint density at radius 2 is 2.20 bits per heavy atom. The fourth-order valence-corrected chi connectivity index (χ4v) is 1.85. The molecular weight excluding hydrogens is 263 g/mol. The lowest BCUT2D eigenvalue weighted by Crippen LogP contribution is -2.05. The Kier molecular flexibility index (Phi) is 2.86. The van der Waals surface area contributed by atoms with Gasteiger partial charge in [0, 0.05) is 6.20 Å². The molecule has 0 saturated carbocycles. The first-order valence-electron chi connectivity index (χ1n) is 5.74. The molecule has 6 nitrogen and oxygen atoms in total. The van der Waals surface area contributed by atoms with Crippen LogP contribution in [0.5, 0.6) is 0 Å². The third-order valence-corrected chi connectivity index (χ3v) is 2.80. The van der Waals surface area contributed by atoms with Crippen molar-refractivity contribution < 1.29 is 13.9 Å². The van der Waals surface area contributed by atoms with Gasteiger partial charge in [0.25, 0.3) is 0 Å². The lowest BCUT2D eigenvalue weighted by molar-refractivity contribution is 0.0594. The van der Waals surface area contributed by atoms with Gasteiger partial charge in [-0.25, -0.2) is 14.2 Å². The summed E-state index contributed by atoms with van der Waals surface area (Å²) in [5, 5.41) is 7.89. The molecule has 0 aromatic carbocycles. The van der Waals surface area contributed by atoms with Gasteiger partial charge in [0.15, 0.2) is 17.3 Å². The summed E-state index contributed by atoms with van der Waals surface area (Å²) in [4.78, 5) is 15.2. The minimum Gasteiger partial charge on any atom is -0.464 e. The fraction of sp³-hybridized carbons (Fsp3) is 0.0769. The monoisotopic (exact) mass is 272 g/mol. The van der Waals surface area contributed by atoms with E-state index < -0.39 is 11.8 Å². The number of ether oxygens (including phenoxy) is 1. The third kappa shape index (κ3) is 1.89. The van der Waals surface area contributed by atoms with E-state index in [0.717, 1.165) is 6.20 Å². The van der Waals surface area contributed by atoms with Gasteiger partial charge >= 0.3 is 5.97 Å². The number of fused-ring (bicyclic) bond motifs is 1. The molecule has 0 N–H and O–H groups in total. The van der Waals surface area contributed by atoms with Crippen molar-refractivity contribution in [3.05, 3.63) is 48.2 Å². The maximum atomic E-state index is 13.9. The molecule has 0 radical (unpaired) electrons. The van der Waals surface area contributed by atoms with Gasteiger partial charge in [-0.2, -0.15) is 0 Å². The highest BCUT2D eigenvalue weighted by Crippen LogP contribution is 2.22. The minimum absolute atomic E-state index is 0.0107. The van der Waals surface area contributed by atoms with Crippen LogP contribution in [0.1, 0.15) is 10.5 Å². The van der Waals surface area contributed by atoms with Crippen molar-refractivity contribution in [2.24, 2.45) is 0 Å². The summed E-state index contributed by atoms with van der Waals surface area (Å²) in [6, 6.07) is 6.62. The lowest BCUT2D eigenvalue weighted by atomic mass is 10.2. The van der Waals surface area contributed by atoms with Crippen LogP contribution in [0.25, 0.3) is 17.0 Å². The van der Waals surface area contributed by atoms with Gasteiger partial charge in [-0.3, -0.25) is 4.40 Å². The summed E-state index contributed by atoms with van der Waals surface area (Å²) in [6.45, 7) is 0. The molecule has 0 bridgehead atoms. The quantitative estimate of drug-likeness (QED) is 0.664. The standard InChI is InChI=1S/C13H9FN4O2/c1-20-13(19)10-6-8(9(14)7-15-10)12-17-16-11-4-2-3-5-18(11)12/h2-7H,1H3. The first kappa shape index (κ1) is 12.2. The van der Waals surface area contributed by atoms with Crippen molar-refractivity contribution in [1.29, 1.82) is 0 Å². The minimum atomic E-state index is -0.639. The van der Waals surface area contributed by atoms with E-state index in [1.165, 1.54) is 13.2 Å². The van der Waals surface area contributed by atoms with Crippen molar-refractivity contribution in [2.75, 3.05) is 7.11 Å². The van der Waals surface area contributed by atoms with E-state index in [2.05, 4.69) is 19.9 Å². The summed E-state index contributed by atoms with van der Waals surface area (Å²) in [6.07, 6.45) is 2.67. The number of methoxy groups -OCH3 is 1. The largest absolute Gasteiger partial charge is 0.464 e.